The number of fused-ring (bicyclic) bond motifs is 1. The molecule has 36 heavy (non-hydrogen) atoms. The molecular weight excluding hydrogens is 496 g/mol. The first-order valence-electron chi connectivity index (χ1n) is 12.1. The molecule has 190 valence electrons. The minimum absolute atomic E-state index is 0.0335. The van der Waals surface area contributed by atoms with Crippen LogP contribution in [0.1, 0.15) is 38.8 Å². The Labute approximate surface area is 221 Å². The van der Waals surface area contributed by atoms with Gasteiger partial charge in [-0.3, -0.25) is 9.59 Å². The van der Waals surface area contributed by atoms with Gasteiger partial charge in [-0.1, -0.05) is 41.4 Å². The van der Waals surface area contributed by atoms with Crippen LogP contribution in [0.2, 0.25) is 5.02 Å². The van der Waals surface area contributed by atoms with Crippen molar-refractivity contribution in [3.63, 3.8) is 0 Å². The van der Waals surface area contributed by atoms with Crippen molar-refractivity contribution in [1.29, 1.82) is 0 Å². The van der Waals surface area contributed by atoms with Gasteiger partial charge < -0.3 is 19.3 Å². The van der Waals surface area contributed by atoms with E-state index in [0.717, 1.165) is 23.3 Å². The summed E-state index contributed by atoms with van der Waals surface area (Å²) in [6.07, 6.45) is 1.41. The average molecular weight is 527 g/mol. The highest BCUT2D eigenvalue weighted by atomic mass is 35.5. The van der Waals surface area contributed by atoms with Crippen LogP contribution < -0.4 is 4.74 Å². The number of hydrogen-bond donors (Lipinski definition) is 0. The average Bonchev–Trinajstić information content (AvgIpc) is 3.37. The van der Waals surface area contributed by atoms with Gasteiger partial charge in [0.1, 0.15) is 18.9 Å². The molecular formula is C28H31ClN2O4S. The molecule has 8 heteroatoms. The molecule has 0 fully saturated rings. The summed E-state index contributed by atoms with van der Waals surface area (Å²) in [6, 6.07) is 16.7. The molecule has 1 unspecified atom stereocenters. The lowest BCUT2D eigenvalue weighted by molar-refractivity contribution is -0.135. The Bertz CT molecular complexity index is 1180. The third-order valence-electron chi connectivity index (χ3n) is 6.34. The second kappa shape index (κ2) is 12.4. The largest absolute Gasteiger partial charge is 0.491 e. The topological polar surface area (TPSA) is 59.1 Å². The van der Waals surface area contributed by atoms with Gasteiger partial charge in [-0.2, -0.15) is 0 Å². The van der Waals surface area contributed by atoms with Crippen molar-refractivity contribution in [2.24, 2.45) is 0 Å². The van der Waals surface area contributed by atoms with Crippen LogP contribution in [0.5, 0.6) is 5.75 Å². The number of carbonyl (C=O) groups is 2. The van der Waals surface area contributed by atoms with Crippen molar-refractivity contribution in [3.8, 4) is 5.75 Å². The van der Waals surface area contributed by atoms with Crippen LogP contribution in [0.3, 0.4) is 0 Å². The molecule has 2 amide bonds. The quantitative estimate of drug-likeness (QED) is 0.332. The number of halogens is 1. The van der Waals surface area contributed by atoms with Crippen molar-refractivity contribution in [2.75, 3.05) is 40.0 Å². The van der Waals surface area contributed by atoms with Crippen molar-refractivity contribution in [2.45, 2.75) is 25.8 Å². The van der Waals surface area contributed by atoms with Crippen LogP contribution in [-0.2, 0) is 16.0 Å². The van der Waals surface area contributed by atoms with Crippen LogP contribution in [0, 0.1) is 6.92 Å². The molecule has 0 aliphatic carbocycles. The number of carbonyl (C=O) groups excluding carboxylic acids is 2. The maximum atomic E-state index is 13.7. The Morgan fingerprint density at radius 3 is 2.67 bits per heavy atom. The fourth-order valence-corrected chi connectivity index (χ4v) is 5.54. The molecule has 0 saturated heterocycles. The smallest absolute Gasteiger partial charge is 0.255 e. The number of amides is 2. The van der Waals surface area contributed by atoms with Gasteiger partial charge in [-0.25, -0.2) is 0 Å². The predicted octanol–water partition coefficient (Wildman–Crippen LogP) is 5.39. The third-order valence-corrected chi connectivity index (χ3v) is 7.66. The second-order valence-corrected chi connectivity index (χ2v) is 10.2. The number of nitrogens with zero attached hydrogens (tertiary/aromatic N) is 2. The molecule has 0 saturated carbocycles. The van der Waals surface area contributed by atoms with Crippen molar-refractivity contribution in [1.82, 2.24) is 9.80 Å². The van der Waals surface area contributed by atoms with E-state index in [1.807, 2.05) is 36.1 Å². The highest BCUT2D eigenvalue weighted by molar-refractivity contribution is 7.10. The standard InChI is InChI=1S/C28H31ClN2O4S/c1-20-8-10-21(11-9-20)35-19-25-23-13-17-36-26(23)12-15-31(25)27(32)18-30(14-5-16-34-2)28(33)22-6-3-4-7-24(22)29/h3-4,6-11,13,17,25H,5,12,14-16,18-19H2,1-2H3. The number of rotatable bonds is 10. The van der Waals surface area contributed by atoms with E-state index < -0.39 is 0 Å². The normalized spacial score (nSPS) is 14.9. The molecule has 0 radical (unpaired) electrons. The van der Waals surface area contributed by atoms with E-state index in [0.29, 0.717) is 43.3 Å². The van der Waals surface area contributed by atoms with E-state index in [1.54, 1.807) is 47.6 Å². The van der Waals surface area contributed by atoms with Crippen LogP contribution in [0.15, 0.2) is 60.0 Å². The fourth-order valence-electron chi connectivity index (χ4n) is 4.40. The first-order valence-corrected chi connectivity index (χ1v) is 13.3. The van der Waals surface area contributed by atoms with Gasteiger partial charge in [-0.15, -0.1) is 11.3 Å². The maximum absolute atomic E-state index is 13.7. The molecule has 0 N–H and O–H groups in total. The molecule has 1 aliphatic heterocycles. The molecule has 2 aromatic carbocycles. The molecule has 1 aliphatic rings. The number of ether oxygens (including phenoxy) is 2. The van der Waals surface area contributed by atoms with Crippen LogP contribution >= 0.6 is 22.9 Å². The van der Waals surface area contributed by atoms with E-state index in [-0.39, 0.29) is 24.4 Å². The number of thiophene rings is 1. The summed E-state index contributed by atoms with van der Waals surface area (Å²) in [6.45, 7) is 3.82. The molecule has 1 aromatic heterocycles. The van der Waals surface area contributed by atoms with E-state index >= 15 is 0 Å². The molecule has 1 atom stereocenters. The maximum Gasteiger partial charge on any atom is 0.255 e. The van der Waals surface area contributed by atoms with Gasteiger partial charge in [0.05, 0.1) is 16.6 Å². The summed E-state index contributed by atoms with van der Waals surface area (Å²) < 4.78 is 11.3. The van der Waals surface area contributed by atoms with E-state index in [4.69, 9.17) is 21.1 Å². The summed E-state index contributed by atoms with van der Waals surface area (Å²) in [7, 11) is 1.62. The van der Waals surface area contributed by atoms with Crippen LogP contribution in [-0.4, -0.2) is 61.6 Å². The highest BCUT2D eigenvalue weighted by Gasteiger charge is 2.33. The summed E-state index contributed by atoms with van der Waals surface area (Å²) in [4.78, 5) is 31.7. The minimum atomic E-state index is -0.259. The van der Waals surface area contributed by atoms with E-state index in [2.05, 4.69) is 11.4 Å². The third kappa shape index (κ3) is 6.27. The lowest BCUT2D eigenvalue weighted by Crippen LogP contribution is -2.48. The van der Waals surface area contributed by atoms with Gasteiger partial charge in [0.2, 0.25) is 5.91 Å². The second-order valence-electron chi connectivity index (χ2n) is 8.83. The highest BCUT2D eigenvalue weighted by Crippen LogP contribution is 2.34. The summed E-state index contributed by atoms with van der Waals surface area (Å²) in [5.74, 6) is 0.401. The Morgan fingerprint density at radius 2 is 1.92 bits per heavy atom. The lowest BCUT2D eigenvalue weighted by atomic mass is 10.0. The molecule has 6 nitrogen and oxygen atoms in total. The van der Waals surface area contributed by atoms with Crippen molar-refractivity contribution < 1.29 is 19.1 Å². The fraction of sp³-hybridized carbons (Fsp3) is 0.357. The van der Waals surface area contributed by atoms with Gasteiger partial charge in [0.25, 0.3) is 5.91 Å². The number of methoxy groups -OCH3 is 1. The summed E-state index contributed by atoms with van der Waals surface area (Å²) in [5, 5.41) is 2.44. The summed E-state index contributed by atoms with van der Waals surface area (Å²) >= 11 is 8.01. The zero-order chi connectivity index (χ0) is 25.5. The van der Waals surface area contributed by atoms with Crippen LogP contribution in [0.4, 0.5) is 0 Å². The molecule has 4 rings (SSSR count). The van der Waals surface area contributed by atoms with E-state index in [1.165, 1.54) is 4.88 Å². The zero-order valence-electron chi connectivity index (χ0n) is 20.6. The predicted molar refractivity (Wildman–Crippen MR) is 143 cm³/mol. The zero-order valence-corrected chi connectivity index (χ0v) is 22.2. The number of benzene rings is 2. The van der Waals surface area contributed by atoms with Gasteiger partial charge in [-0.05, 0) is 61.0 Å². The van der Waals surface area contributed by atoms with Crippen LogP contribution in [0.25, 0.3) is 0 Å². The van der Waals surface area contributed by atoms with Gasteiger partial charge in [0, 0.05) is 31.7 Å². The molecule has 3 aromatic rings. The monoisotopic (exact) mass is 526 g/mol. The molecule has 2 heterocycles. The molecule has 0 bridgehead atoms. The van der Waals surface area contributed by atoms with E-state index in [9.17, 15) is 9.59 Å². The lowest BCUT2D eigenvalue weighted by Gasteiger charge is -2.37. The minimum Gasteiger partial charge on any atom is -0.491 e. The van der Waals surface area contributed by atoms with Crippen molar-refractivity contribution >= 4 is 34.8 Å². The van der Waals surface area contributed by atoms with Crippen molar-refractivity contribution in [3.05, 3.63) is 86.6 Å². The number of hydrogen-bond acceptors (Lipinski definition) is 5. The first-order chi connectivity index (χ1) is 17.5. The SMILES string of the molecule is COCCCN(CC(=O)N1CCc2sccc2C1COc1ccc(C)cc1)C(=O)c1ccccc1Cl. The van der Waals surface area contributed by atoms with Gasteiger partial charge in [0.15, 0.2) is 0 Å². The Morgan fingerprint density at radius 1 is 1.14 bits per heavy atom. The Kier molecular flexibility index (Phi) is 9.02. The Balaban J connectivity index is 1.52. The van der Waals surface area contributed by atoms with Gasteiger partial charge >= 0.3 is 0 Å². The number of aryl methyl sites for hydroxylation is 1. The first kappa shape index (κ1) is 26.2. The molecule has 0 spiro atoms. The Hall–Kier alpha value is -2.87. The summed E-state index contributed by atoms with van der Waals surface area (Å²) in [5.41, 5.74) is 2.67.